The van der Waals surface area contributed by atoms with Gasteiger partial charge in [-0.05, 0) is 39.0 Å². The third-order valence-corrected chi connectivity index (χ3v) is 4.42. The van der Waals surface area contributed by atoms with Crippen molar-refractivity contribution in [2.45, 2.75) is 77.8 Å². The number of carbonyl (C=O) groups excluding carboxylic acids is 1. The molecule has 1 atom stereocenters. The molecule has 1 rings (SSSR count). The molecule has 1 fully saturated rings. The van der Waals surface area contributed by atoms with Gasteiger partial charge in [-0.3, -0.25) is 4.79 Å². The molecule has 0 bridgehead atoms. The van der Waals surface area contributed by atoms with Crippen molar-refractivity contribution >= 4 is 12.0 Å². The summed E-state index contributed by atoms with van der Waals surface area (Å²) in [5.74, 6) is -0.297. The van der Waals surface area contributed by atoms with E-state index >= 15 is 0 Å². The molecule has 2 N–H and O–H groups in total. The molecule has 0 aromatic carbocycles. The first-order valence-electron chi connectivity index (χ1n) is 8.24. The number of nitrogens with one attached hydrogen (secondary N) is 1. The van der Waals surface area contributed by atoms with Gasteiger partial charge in [0.2, 0.25) is 0 Å². The van der Waals surface area contributed by atoms with Crippen molar-refractivity contribution < 1.29 is 14.7 Å². The van der Waals surface area contributed by atoms with E-state index in [9.17, 15) is 9.59 Å². The number of carbonyl (C=O) groups is 2. The van der Waals surface area contributed by atoms with Gasteiger partial charge in [0.25, 0.3) is 0 Å². The largest absolute Gasteiger partial charge is 0.481 e. The minimum absolute atomic E-state index is 0.00760. The summed E-state index contributed by atoms with van der Waals surface area (Å²) in [7, 11) is 0. The number of aliphatic carboxylic acids is 1. The van der Waals surface area contributed by atoms with Crippen LogP contribution >= 0.6 is 0 Å². The average molecular weight is 298 g/mol. The third-order valence-electron chi connectivity index (χ3n) is 4.42. The minimum atomic E-state index is -0.868. The van der Waals surface area contributed by atoms with Crippen molar-refractivity contribution in [3.63, 3.8) is 0 Å². The smallest absolute Gasteiger partial charge is 0.317 e. The van der Waals surface area contributed by atoms with Gasteiger partial charge in [-0.2, -0.15) is 0 Å². The van der Waals surface area contributed by atoms with Crippen LogP contribution in [0.2, 0.25) is 0 Å². The van der Waals surface area contributed by atoms with E-state index in [1.807, 2.05) is 13.8 Å². The molecule has 2 amide bonds. The summed E-state index contributed by atoms with van der Waals surface area (Å²) in [6.07, 6.45) is 7.11. The summed E-state index contributed by atoms with van der Waals surface area (Å²) in [5, 5.41) is 11.9. The number of hydrogen-bond acceptors (Lipinski definition) is 2. The average Bonchev–Trinajstić information content (AvgIpc) is 2.45. The zero-order valence-electron chi connectivity index (χ0n) is 13.6. The van der Waals surface area contributed by atoms with Gasteiger partial charge in [0.05, 0.1) is 6.42 Å². The third kappa shape index (κ3) is 5.94. The van der Waals surface area contributed by atoms with Gasteiger partial charge in [-0.15, -0.1) is 0 Å². The van der Waals surface area contributed by atoms with E-state index in [0.717, 1.165) is 6.42 Å². The van der Waals surface area contributed by atoms with Crippen LogP contribution in [0.25, 0.3) is 0 Å². The first-order valence-corrected chi connectivity index (χ1v) is 8.24. The first kappa shape index (κ1) is 17.8. The van der Waals surface area contributed by atoms with Crippen LogP contribution in [0.5, 0.6) is 0 Å². The van der Waals surface area contributed by atoms with E-state index in [1.165, 1.54) is 32.1 Å². The standard InChI is InChI=1S/C16H30N2O3/c1-4-14(13-8-6-5-7-9-13)17-16(21)18(12(2)3)11-10-15(19)20/h12-14H,4-11H2,1-3H3,(H,17,21)(H,19,20). The Morgan fingerprint density at radius 1 is 1.24 bits per heavy atom. The zero-order chi connectivity index (χ0) is 15.8. The summed E-state index contributed by atoms with van der Waals surface area (Å²) >= 11 is 0. The highest BCUT2D eigenvalue weighted by Gasteiger charge is 2.26. The maximum absolute atomic E-state index is 12.4. The summed E-state index contributed by atoms with van der Waals surface area (Å²) < 4.78 is 0. The molecular weight excluding hydrogens is 268 g/mol. The molecule has 1 saturated carbocycles. The van der Waals surface area contributed by atoms with Gasteiger partial charge >= 0.3 is 12.0 Å². The Labute approximate surface area is 128 Å². The summed E-state index contributed by atoms with van der Waals surface area (Å²) in [5.41, 5.74) is 0. The zero-order valence-corrected chi connectivity index (χ0v) is 13.6. The molecule has 1 unspecified atom stereocenters. The molecule has 0 saturated heterocycles. The highest BCUT2D eigenvalue weighted by atomic mass is 16.4. The van der Waals surface area contributed by atoms with Crippen LogP contribution in [0.3, 0.4) is 0 Å². The second kappa shape index (κ2) is 8.90. The topological polar surface area (TPSA) is 69.6 Å². The molecular formula is C16H30N2O3. The SMILES string of the molecule is CCC(NC(=O)N(CCC(=O)O)C(C)C)C1CCCCC1. The number of amides is 2. The molecule has 0 aromatic heterocycles. The van der Waals surface area contributed by atoms with Crippen molar-refractivity contribution in [3.05, 3.63) is 0 Å². The Hall–Kier alpha value is -1.26. The van der Waals surface area contributed by atoms with Gasteiger partial charge in [0.15, 0.2) is 0 Å². The highest BCUT2D eigenvalue weighted by molar-refractivity contribution is 5.76. The van der Waals surface area contributed by atoms with E-state index < -0.39 is 5.97 Å². The molecule has 21 heavy (non-hydrogen) atoms. The van der Waals surface area contributed by atoms with Gasteiger partial charge in [0, 0.05) is 18.6 Å². The number of urea groups is 1. The summed E-state index contributed by atoms with van der Waals surface area (Å²) in [4.78, 5) is 24.8. The van der Waals surface area contributed by atoms with E-state index in [1.54, 1.807) is 4.90 Å². The van der Waals surface area contributed by atoms with Crippen LogP contribution < -0.4 is 5.32 Å². The maximum Gasteiger partial charge on any atom is 0.317 e. The molecule has 122 valence electrons. The molecule has 0 radical (unpaired) electrons. The lowest BCUT2D eigenvalue weighted by atomic mass is 9.83. The fourth-order valence-corrected chi connectivity index (χ4v) is 3.14. The van der Waals surface area contributed by atoms with Crippen molar-refractivity contribution in [2.24, 2.45) is 5.92 Å². The van der Waals surface area contributed by atoms with E-state index in [0.29, 0.717) is 5.92 Å². The molecule has 0 aliphatic heterocycles. The van der Waals surface area contributed by atoms with Crippen molar-refractivity contribution in [1.82, 2.24) is 10.2 Å². The maximum atomic E-state index is 12.4. The number of hydrogen-bond donors (Lipinski definition) is 2. The van der Waals surface area contributed by atoms with Crippen LogP contribution in [0, 0.1) is 5.92 Å². The molecule has 0 heterocycles. The number of nitrogens with zero attached hydrogens (tertiary/aromatic N) is 1. The quantitative estimate of drug-likeness (QED) is 0.758. The Kier molecular flexibility index (Phi) is 7.54. The molecule has 0 aromatic rings. The lowest BCUT2D eigenvalue weighted by Crippen LogP contribution is -2.50. The monoisotopic (exact) mass is 298 g/mol. The fraction of sp³-hybridized carbons (Fsp3) is 0.875. The predicted octanol–water partition coefficient (Wildman–Crippen LogP) is 3.24. The highest BCUT2D eigenvalue weighted by Crippen LogP contribution is 2.27. The van der Waals surface area contributed by atoms with Crippen molar-refractivity contribution in [2.75, 3.05) is 6.54 Å². The number of rotatable bonds is 7. The van der Waals surface area contributed by atoms with Crippen LogP contribution in [0.4, 0.5) is 4.79 Å². The van der Waals surface area contributed by atoms with Gasteiger partial charge in [-0.25, -0.2) is 4.79 Å². The minimum Gasteiger partial charge on any atom is -0.481 e. The summed E-state index contributed by atoms with van der Waals surface area (Å²) in [6.45, 7) is 6.21. The lowest BCUT2D eigenvalue weighted by Gasteiger charge is -2.33. The second-order valence-electron chi connectivity index (χ2n) is 6.29. The molecule has 5 heteroatoms. The normalized spacial score (nSPS) is 17.5. The Bertz CT molecular complexity index is 338. The molecule has 1 aliphatic rings. The molecule has 0 spiro atoms. The van der Waals surface area contributed by atoms with E-state index in [-0.39, 0.29) is 31.1 Å². The van der Waals surface area contributed by atoms with Crippen LogP contribution in [-0.2, 0) is 4.79 Å². The number of carboxylic acids is 1. The van der Waals surface area contributed by atoms with Crippen LogP contribution in [-0.4, -0.2) is 40.6 Å². The van der Waals surface area contributed by atoms with Crippen LogP contribution in [0.15, 0.2) is 0 Å². The molecule has 1 aliphatic carbocycles. The predicted molar refractivity (Wildman–Crippen MR) is 83.3 cm³/mol. The van der Waals surface area contributed by atoms with Gasteiger partial charge in [0.1, 0.15) is 0 Å². The van der Waals surface area contributed by atoms with Crippen molar-refractivity contribution in [3.8, 4) is 0 Å². The van der Waals surface area contributed by atoms with Gasteiger partial charge < -0.3 is 15.3 Å². The van der Waals surface area contributed by atoms with Crippen molar-refractivity contribution in [1.29, 1.82) is 0 Å². The molecule has 5 nitrogen and oxygen atoms in total. The second-order valence-corrected chi connectivity index (χ2v) is 6.29. The Morgan fingerprint density at radius 3 is 2.33 bits per heavy atom. The van der Waals surface area contributed by atoms with Crippen LogP contribution in [0.1, 0.15) is 65.7 Å². The summed E-state index contributed by atoms with van der Waals surface area (Å²) in [6, 6.07) is 0.0979. The van der Waals surface area contributed by atoms with Gasteiger partial charge in [-0.1, -0.05) is 26.2 Å². The van der Waals surface area contributed by atoms with E-state index in [2.05, 4.69) is 12.2 Å². The Balaban J connectivity index is 2.58. The lowest BCUT2D eigenvalue weighted by molar-refractivity contribution is -0.137. The fourth-order valence-electron chi connectivity index (χ4n) is 3.14. The Morgan fingerprint density at radius 2 is 1.86 bits per heavy atom. The first-order chi connectivity index (χ1) is 9.95. The number of carboxylic acid groups (broad SMARTS) is 1. The van der Waals surface area contributed by atoms with E-state index in [4.69, 9.17) is 5.11 Å².